The lowest BCUT2D eigenvalue weighted by atomic mass is 10.1. The number of aliphatic carboxylic acids is 1. The van der Waals surface area contributed by atoms with E-state index in [0.29, 0.717) is 10.6 Å². The molecule has 33 heavy (non-hydrogen) atoms. The Hall–Kier alpha value is -3.25. The van der Waals surface area contributed by atoms with Crippen molar-refractivity contribution in [1.29, 1.82) is 0 Å². The van der Waals surface area contributed by atoms with Gasteiger partial charge in [-0.3, -0.25) is 9.59 Å². The first-order chi connectivity index (χ1) is 15.5. The molecule has 0 bridgehead atoms. The first kappa shape index (κ1) is 24.4. The Morgan fingerprint density at radius 1 is 1.12 bits per heavy atom. The summed E-state index contributed by atoms with van der Waals surface area (Å²) >= 11 is 12.1. The molecule has 1 heterocycles. The number of benzene rings is 2. The van der Waals surface area contributed by atoms with Crippen LogP contribution in [0.3, 0.4) is 0 Å². The standard InChI is InChI=1S/C20H14Cl2FN3O6S/c21-10-4-5-16(32-17-8-13(23)18(7-12(17)22)33(24,30)31)11(6-10)14-2-1-3-15(26-14)20(29)25-9-19(27)28/h1-8H,9H2,(H,25,29)(H,27,28)(H2,24,30,31). The van der Waals surface area contributed by atoms with Crippen LogP contribution in [0.15, 0.2) is 53.4 Å². The minimum Gasteiger partial charge on any atom is -0.480 e. The number of carboxylic acid groups (broad SMARTS) is 1. The summed E-state index contributed by atoms with van der Waals surface area (Å²) in [4.78, 5) is 26.2. The number of primary sulfonamides is 1. The van der Waals surface area contributed by atoms with E-state index in [0.717, 1.165) is 12.1 Å². The van der Waals surface area contributed by atoms with Crippen LogP contribution in [0.1, 0.15) is 10.5 Å². The molecule has 0 fully saturated rings. The van der Waals surface area contributed by atoms with E-state index in [1.165, 1.54) is 30.3 Å². The lowest BCUT2D eigenvalue weighted by Crippen LogP contribution is -2.29. The normalized spacial score (nSPS) is 11.2. The molecule has 0 saturated heterocycles. The highest BCUT2D eigenvalue weighted by molar-refractivity contribution is 7.89. The minimum atomic E-state index is -4.34. The maximum atomic E-state index is 14.3. The smallest absolute Gasteiger partial charge is 0.322 e. The van der Waals surface area contributed by atoms with Crippen molar-refractivity contribution in [3.05, 3.63) is 70.1 Å². The van der Waals surface area contributed by atoms with Gasteiger partial charge in [-0.15, -0.1) is 0 Å². The van der Waals surface area contributed by atoms with E-state index >= 15 is 0 Å². The fraction of sp³-hybridized carbons (Fsp3) is 0.0500. The molecule has 0 aliphatic carbocycles. The van der Waals surface area contributed by atoms with Gasteiger partial charge in [-0.05, 0) is 36.4 Å². The van der Waals surface area contributed by atoms with Crippen molar-refractivity contribution >= 4 is 45.1 Å². The Kier molecular flexibility index (Phi) is 7.18. The van der Waals surface area contributed by atoms with Crippen molar-refractivity contribution in [3.63, 3.8) is 0 Å². The summed E-state index contributed by atoms with van der Waals surface area (Å²) < 4.78 is 42.9. The van der Waals surface area contributed by atoms with E-state index in [9.17, 15) is 22.4 Å². The van der Waals surface area contributed by atoms with Gasteiger partial charge < -0.3 is 15.2 Å². The second-order valence-corrected chi connectivity index (χ2v) is 8.86. The molecule has 3 aromatic rings. The summed E-state index contributed by atoms with van der Waals surface area (Å²) in [5, 5.41) is 15.9. The number of hydrogen-bond donors (Lipinski definition) is 3. The number of carbonyl (C=O) groups is 2. The molecule has 9 nitrogen and oxygen atoms in total. The van der Waals surface area contributed by atoms with Crippen molar-refractivity contribution < 1.29 is 32.2 Å². The molecule has 3 rings (SSSR count). The molecule has 172 valence electrons. The van der Waals surface area contributed by atoms with Crippen LogP contribution in [-0.2, 0) is 14.8 Å². The van der Waals surface area contributed by atoms with Crippen LogP contribution in [0.5, 0.6) is 11.5 Å². The quantitative estimate of drug-likeness (QED) is 0.437. The molecule has 0 unspecified atom stereocenters. The second kappa shape index (κ2) is 9.71. The van der Waals surface area contributed by atoms with Gasteiger partial charge in [-0.25, -0.2) is 22.9 Å². The number of nitrogens with one attached hydrogen (secondary N) is 1. The highest BCUT2D eigenvalue weighted by atomic mass is 35.5. The minimum absolute atomic E-state index is 0.0683. The third-order valence-corrected chi connectivity index (χ3v) is 5.57. The van der Waals surface area contributed by atoms with E-state index in [4.69, 9.17) is 38.2 Å². The van der Waals surface area contributed by atoms with Crippen LogP contribution < -0.4 is 15.2 Å². The van der Waals surface area contributed by atoms with Crippen molar-refractivity contribution in [2.45, 2.75) is 4.90 Å². The highest BCUT2D eigenvalue weighted by Gasteiger charge is 2.20. The zero-order chi connectivity index (χ0) is 24.3. The molecule has 0 aliphatic heterocycles. The van der Waals surface area contributed by atoms with Crippen molar-refractivity contribution in [2.75, 3.05) is 6.54 Å². The zero-order valence-corrected chi connectivity index (χ0v) is 18.7. The molecular formula is C20H14Cl2FN3O6S. The molecule has 1 amide bonds. The third-order valence-electron chi connectivity index (χ3n) is 4.11. The van der Waals surface area contributed by atoms with Gasteiger partial charge in [0.25, 0.3) is 5.91 Å². The van der Waals surface area contributed by atoms with Crippen LogP contribution >= 0.6 is 23.2 Å². The monoisotopic (exact) mass is 513 g/mol. The molecule has 0 saturated carbocycles. The van der Waals surface area contributed by atoms with Gasteiger partial charge in [0.15, 0.2) is 0 Å². The third kappa shape index (κ3) is 5.96. The van der Waals surface area contributed by atoms with Crippen molar-refractivity contribution in [1.82, 2.24) is 10.3 Å². The van der Waals surface area contributed by atoms with Gasteiger partial charge in [0.05, 0.1) is 10.7 Å². The Morgan fingerprint density at radius 2 is 1.85 bits per heavy atom. The van der Waals surface area contributed by atoms with E-state index in [-0.39, 0.29) is 27.9 Å². The van der Waals surface area contributed by atoms with Crippen LogP contribution in [-0.4, -0.2) is 36.9 Å². The first-order valence-corrected chi connectivity index (χ1v) is 11.2. The average molecular weight is 514 g/mol. The molecule has 0 spiro atoms. The number of carbonyl (C=O) groups excluding carboxylic acids is 1. The molecule has 13 heteroatoms. The number of nitrogens with two attached hydrogens (primary N) is 1. The molecule has 0 atom stereocenters. The van der Waals surface area contributed by atoms with Crippen LogP contribution in [0.25, 0.3) is 11.3 Å². The summed E-state index contributed by atoms with van der Waals surface area (Å²) in [5.41, 5.74) is 0.455. The lowest BCUT2D eigenvalue weighted by Gasteiger charge is -2.14. The zero-order valence-electron chi connectivity index (χ0n) is 16.4. The molecule has 4 N–H and O–H groups in total. The number of pyridine rings is 1. The van der Waals surface area contributed by atoms with Gasteiger partial charge >= 0.3 is 5.97 Å². The predicted octanol–water partition coefficient (Wildman–Crippen LogP) is 3.45. The summed E-state index contributed by atoms with van der Waals surface area (Å²) in [6, 6.07) is 10.4. The van der Waals surface area contributed by atoms with Crippen molar-refractivity contribution in [3.8, 4) is 22.8 Å². The Morgan fingerprint density at radius 3 is 2.52 bits per heavy atom. The number of sulfonamides is 1. The number of carboxylic acids is 1. The maximum absolute atomic E-state index is 14.3. The van der Waals surface area contributed by atoms with Crippen LogP contribution in [0.4, 0.5) is 4.39 Å². The number of nitrogens with zero attached hydrogens (tertiary/aromatic N) is 1. The Bertz CT molecular complexity index is 1370. The number of aromatic nitrogens is 1. The molecular weight excluding hydrogens is 500 g/mol. The van der Waals surface area contributed by atoms with Gasteiger partial charge in [-0.1, -0.05) is 29.3 Å². The first-order valence-electron chi connectivity index (χ1n) is 8.92. The predicted molar refractivity (Wildman–Crippen MR) is 118 cm³/mol. The number of amides is 1. The van der Waals surface area contributed by atoms with E-state index in [2.05, 4.69) is 10.3 Å². The molecule has 2 aromatic carbocycles. The highest BCUT2D eigenvalue weighted by Crippen LogP contribution is 2.38. The number of hydrogen-bond acceptors (Lipinski definition) is 6. The van der Waals surface area contributed by atoms with E-state index in [1.807, 2.05) is 0 Å². The van der Waals surface area contributed by atoms with Crippen LogP contribution in [0, 0.1) is 5.82 Å². The maximum Gasteiger partial charge on any atom is 0.322 e. The van der Waals surface area contributed by atoms with Gasteiger partial charge in [0.1, 0.15) is 34.5 Å². The summed E-state index contributed by atoms with van der Waals surface area (Å²) in [5.74, 6) is -3.20. The van der Waals surface area contributed by atoms with E-state index in [1.54, 1.807) is 6.07 Å². The fourth-order valence-corrected chi connectivity index (χ4v) is 3.73. The second-order valence-electron chi connectivity index (χ2n) is 6.49. The number of ether oxygens (including phenoxy) is 1. The van der Waals surface area contributed by atoms with Gasteiger partial charge in [-0.2, -0.15) is 0 Å². The van der Waals surface area contributed by atoms with Gasteiger partial charge in [0, 0.05) is 16.7 Å². The Labute approximate surface area is 197 Å². The lowest BCUT2D eigenvalue weighted by molar-refractivity contribution is -0.135. The van der Waals surface area contributed by atoms with E-state index < -0.39 is 39.2 Å². The number of halogens is 3. The Balaban J connectivity index is 2.01. The largest absolute Gasteiger partial charge is 0.480 e. The summed E-state index contributed by atoms with van der Waals surface area (Å²) in [6.45, 7) is -0.588. The SMILES string of the molecule is NS(=O)(=O)c1cc(Cl)c(Oc2ccc(Cl)cc2-c2cccc(C(=O)NCC(=O)O)n2)cc1F. The molecule has 1 aromatic heterocycles. The average Bonchev–Trinajstić information content (AvgIpc) is 2.74. The topological polar surface area (TPSA) is 149 Å². The van der Waals surface area contributed by atoms with Crippen LogP contribution in [0.2, 0.25) is 10.0 Å². The fourth-order valence-electron chi connectivity index (χ4n) is 2.67. The summed E-state index contributed by atoms with van der Waals surface area (Å²) in [7, 11) is -4.34. The molecule has 0 radical (unpaired) electrons. The van der Waals surface area contributed by atoms with Gasteiger partial charge in [0.2, 0.25) is 10.0 Å². The number of rotatable bonds is 7. The van der Waals surface area contributed by atoms with Crippen molar-refractivity contribution in [2.24, 2.45) is 5.14 Å². The summed E-state index contributed by atoms with van der Waals surface area (Å²) in [6.07, 6.45) is 0. The molecule has 0 aliphatic rings.